The normalized spacial score (nSPS) is 31.9. The molecule has 2 aliphatic rings. The van der Waals surface area contributed by atoms with Gasteiger partial charge in [0.15, 0.2) is 0 Å². The van der Waals surface area contributed by atoms with Gasteiger partial charge in [0.25, 0.3) is 0 Å². The second kappa shape index (κ2) is 5.37. The third-order valence-electron chi connectivity index (χ3n) is 4.88. The Kier molecular flexibility index (Phi) is 4.32. The fourth-order valence-electron chi connectivity index (χ4n) is 3.55. The summed E-state index contributed by atoms with van der Waals surface area (Å²) >= 11 is 0. The predicted molar refractivity (Wildman–Crippen MR) is 83.5 cm³/mol. The Hall–Kier alpha value is -0.0800. The van der Waals surface area contributed by atoms with E-state index < -0.39 is 0 Å². The second-order valence-electron chi connectivity index (χ2n) is 8.60. The predicted octanol–water partition coefficient (Wildman–Crippen LogP) is 3.76. The molecule has 0 amide bonds. The molecule has 0 aromatic heterocycles. The van der Waals surface area contributed by atoms with Crippen LogP contribution in [0.1, 0.15) is 67.2 Å². The van der Waals surface area contributed by atoms with Gasteiger partial charge in [-0.05, 0) is 79.8 Å². The minimum Gasteiger partial charge on any atom is -0.298 e. The molecule has 1 saturated heterocycles. The molecule has 0 radical (unpaired) electrons. The van der Waals surface area contributed by atoms with Gasteiger partial charge in [0.2, 0.25) is 0 Å². The first-order chi connectivity index (χ1) is 8.69. The number of hydrogen-bond donors (Lipinski definition) is 0. The van der Waals surface area contributed by atoms with Crippen molar-refractivity contribution in [2.75, 3.05) is 19.6 Å². The molecule has 1 aliphatic carbocycles. The lowest BCUT2D eigenvalue weighted by molar-refractivity contribution is 0.0847. The zero-order valence-corrected chi connectivity index (χ0v) is 14.0. The number of fused-ring (bicyclic) bond motifs is 1. The van der Waals surface area contributed by atoms with Crippen LogP contribution in [0.15, 0.2) is 0 Å². The van der Waals surface area contributed by atoms with Crippen LogP contribution in [-0.4, -0.2) is 46.6 Å². The largest absolute Gasteiger partial charge is 0.298 e. The summed E-state index contributed by atoms with van der Waals surface area (Å²) in [6, 6.07) is 0.850. The highest BCUT2D eigenvalue weighted by atomic mass is 15.3. The Morgan fingerprint density at radius 1 is 0.789 bits per heavy atom. The van der Waals surface area contributed by atoms with Crippen molar-refractivity contribution in [1.82, 2.24) is 9.80 Å². The van der Waals surface area contributed by atoms with E-state index in [0.29, 0.717) is 11.1 Å². The molecule has 2 atom stereocenters. The Labute approximate surface area is 120 Å². The highest BCUT2D eigenvalue weighted by Gasteiger charge is 2.46. The molecular formula is C17H34N2. The van der Waals surface area contributed by atoms with Crippen molar-refractivity contribution in [2.45, 2.75) is 84.3 Å². The molecule has 0 bridgehead atoms. The van der Waals surface area contributed by atoms with E-state index in [1.54, 1.807) is 0 Å². The van der Waals surface area contributed by atoms with E-state index >= 15 is 0 Å². The molecule has 2 heteroatoms. The zero-order valence-electron chi connectivity index (χ0n) is 14.0. The molecule has 19 heavy (non-hydrogen) atoms. The SMILES string of the molecule is CC(C)(C)N1CCCCCN(C(C)(C)C)C2CC2C1. The highest BCUT2D eigenvalue weighted by molar-refractivity contribution is 5.01. The van der Waals surface area contributed by atoms with Crippen LogP contribution in [0.25, 0.3) is 0 Å². The van der Waals surface area contributed by atoms with Gasteiger partial charge in [-0.3, -0.25) is 9.80 Å². The summed E-state index contributed by atoms with van der Waals surface area (Å²) in [5.74, 6) is 0.913. The maximum Gasteiger partial charge on any atom is 0.0145 e. The smallest absolute Gasteiger partial charge is 0.0145 e. The molecule has 2 rings (SSSR count). The van der Waals surface area contributed by atoms with Gasteiger partial charge in [0, 0.05) is 23.7 Å². The molecule has 1 heterocycles. The first-order valence-corrected chi connectivity index (χ1v) is 8.21. The molecule has 2 unspecified atom stereocenters. The fraction of sp³-hybridized carbons (Fsp3) is 1.00. The number of hydrogen-bond acceptors (Lipinski definition) is 2. The molecule has 0 aromatic carbocycles. The summed E-state index contributed by atoms with van der Waals surface area (Å²) in [4.78, 5) is 5.51. The lowest BCUT2D eigenvalue weighted by Gasteiger charge is -2.40. The molecule has 0 spiro atoms. The van der Waals surface area contributed by atoms with E-state index in [2.05, 4.69) is 51.3 Å². The van der Waals surface area contributed by atoms with Crippen molar-refractivity contribution in [2.24, 2.45) is 5.92 Å². The quantitative estimate of drug-likeness (QED) is 0.659. The van der Waals surface area contributed by atoms with Gasteiger partial charge < -0.3 is 0 Å². The lowest BCUT2D eigenvalue weighted by Crippen LogP contribution is -2.47. The fourth-order valence-corrected chi connectivity index (χ4v) is 3.55. The van der Waals surface area contributed by atoms with Crippen molar-refractivity contribution in [3.8, 4) is 0 Å². The Morgan fingerprint density at radius 2 is 1.42 bits per heavy atom. The molecule has 112 valence electrons. The third-order valence-corrected chi connectivity index (χ3v) is 4.88. The van der Waals surface area contributed by atoms with E-state index in [1.807, 2.05) is 0 Å². The average Bonchev–Trinajstić information content (AvgIpc) is 2.98. The monoisotopic (exact) mass is 266 g/mol. The van der Waals surface area contributed by atoms with Gasteiger partial charge in [-0.25, -0.2) is 0 Å². The van der Waals surface area contributed by atoms with Gasteiger partial charge in [-0.1, -0.05) is 6.42 Å². The van der Waals surface area contributed by atoms with Crippen LogP contribution in [-0.2, 0) is 0 Å². The summed E-state index contributed by atoms with van der Waals surface area (Å²) in [5, 5.41) is 0. The van der Waals surface area contributed by atoms with E-state index in [1.165, 1.54) is 45.3 Å². The van der Waals surface area contributed by atoms with Crippen molar-refractivity contribution >= 4 is 0 Å². The Bertz CT molecular complexity index is 297. The van der Waals surface area contributed by atoms with Gasteiger partial charge in [-0.15, -0.1) is 0 Å². The summed E-state index contributed by atoms with van der Waals surface area (Å²) in [6.45, 7) is 18.2. The number of rotatable bonds is 0. The van der Waals surface area contributed by atoms with E-state index in [4.69, 9.17) is 0 Å². The molecule has 0 N–H and O–H groups in total. The van der Waals surface area contributed by atoms with Crippen molar-refractivity contribution in [1.29, 1.82) is 0 Å². The van der Waals surface area contributed by atoms with Crippen molar-refractivity contribution < 1.29 is 0 Å². The minimum atomic E-state index is 0.332. The molecule has 1 aliphatic heterocycles. The second-order valence-corrected chi connectivity index (χ2v) is 8.60. The molecule has 1 saturated carbocycles. The average molecular weight is 266 g/mol. The summed E-state index contributed by atoms with van der Waals surface area (Å²) in [5.41, 5.74) is 0.671. The van der Waals surface area contributed by atoms with Gasteiger partial charge in [0.05, 0.1) is 0 Å². The van der Waals surface area contributed by atoms with Gasteiger partial charge in [0.1, 0.15) is 0 Å². The summed E-state index contributed by atoms with van der Waals surface area (Å²) < 4.78 is 0. The van der Waals surface area contributed by atoms with E-state index in [9.17, 15) is 0 Å². The van der Waals surface area contributed by atoms with Crippen LogP contribution in [0.4, 0.5) is 0 Å². The van der Waals surface area contributed by atoms with Gasteiger partial charge >= 0.3 is 0 Å². The number of nitrogens with zero attached hydrogens (tertiary/aromatic N) is 2. The molecular weight excluding hydrogens is 232 g/mol. The van der Waals surface area contributed by atoms with Crippen LogP contribution in [0.5, 0.6) is 0 Å². The molecule has 2 fully saturated rings. The van der Waals surface area contributed by atoms with Gasteiger partial charge in [-0.2, -0.15) is 0 Å². The Balaban J connectivity index is 2.04. The third kappa shape index (κ3) is 3.95. The summed E-state index contributed by atoms with van der Waals surface area (Å²) in [7, 11) is 0. The zero-order chi connectivity index (χ0) is 14.3. The van der Waals surface area contributed by atoms with Crippen LogP contribution >= 0.6 is 0 Å². The molecule has 0 aromatic rings. The van der Waals surface area contributed by atoms with E-state index in [0.717, 1.165) is 12.0 Å². The summed E-state index contributed by atoms with van der Waals surface area (Å²) in [6.07, 6.45) is 5.55. The topological polar surface area (TPSA) is 6.48 Å². The van der Waals surface area contributed by atoms with Crippen molar-refractivity contribution in [3.63, 3.8) is 0 Å². The van der Waals surface area contributed by atoms with Crippen LogP contribution in [0.3, 0.4) is 0 Å². The standard InChI is InChI=1S/C17H34N2/c1-16(2,3)18-10-8-7-9-11-19(17(4,5)6)15-12-14(15)13-18/h14-15H,7-13H2,1-6H3. The molecule has 2 nitrogen and oxygen atoms in total. The van der Waals surface area contributed by atoms with E-state index in [-0.39, 0.29) is 0 Å². The first-order valence-electron chi connectivity index (χ1n) is 8.21. The maximum absolute atomic E-state index is 2.78. The minimum absolute atomic E-state index is 0.332. The lowest BCUT2D eigenvalue weighted by atomic mass is 10.0. The van der Waals surface area contributed by atoms with Crippen LogP contribution in [0, 0.1) is 5.92 Å². The van der Waals surface area contributed by atoms with Crippen LogP contribution in [0.2, 0.25) is 0 Å². The van der Waals surface area contributed by atoms with Crippen LogP contribution < -0.4 is 0 Å². The highest BCUT2D eigenvalue weighted by Crippen LogP contribution is 2.41. The maximum atomic E-state index is 2.78. The van der Waals surface area contributed by atoms with Crippen molar-refractivity contribution in [3.05, 3.63) is 0 Å². The first kappa shape index (κ1) is 15.3. The Morgan fingerprint density at radius 3 is 2.00 bits per heavy atom.